The second-order valence-electron chi connectivity index (χ2n) is 4.84. The van der Waals surface area contributed by atoms with Gasteiger partial charge in [-0.1, -0.05) is 30.3 Å². The van der Waals surface area contributed by atoms with Crippen molar-refractivity contribution in [3.05, 3.63) is 69.7 Å². The SMILES string of the molecule is CNC(c1ccsc1C)c1ccc(F)c2ccccc12. The van der Waals surface area contributed by atoms with Crippen LogP contribution in [0.15, 0.2) is 47.8 Å². The number of benzene rings is 2. The lowest BCUT2D eigenvalue weighted by molar-refractivity contribution is 0.636. The molecular formula is C17H16FNS. The lowest BCUT2D eigenvalue weighted by Gasteiger charge is -2.19. The first-order valence-corrected chi connectivity index (χ1v) is 7.48. The molecule has 0 aliphatic carbocycles. The van der Waals surface area contributed by atoms with E-state index in [1.165, 1.54) is 10.4 Å². The van der Waals surface area contributed by atoms with Gasteiger partial charge in [0.1, 0.15) is 5.82 Å². The van der Waals surface area contributed by atoms with E-state index in [4.69, 9.17) is 0 Å². The molecule has 0 bridgehead atoms. The number of fused-ring (bicyclic) bond motifs is 1. The molecule has 0 fully saturated rings. The van der Waals surface area contributed by atoms with Crippen LogP contribution in [-0.2, 0) is 0 Å². The van der Waals surface area contributed by atoms with E-state index in [0.717, 1.165) is 10.9 Å². The molecule has 0 saturated heterocycles. The summed E-state index contributed by atoms with van der Waals surface area (Å²) in [5.74, 6) is -0.166. The quantitative estimate of drug-likeness (QED) is 0.738. The zero-order valence-electron chi connectivity index (χ0n) is 11.5. The molecule has 1 N–H and O–H groups in total. The summed E-state index contributed by atoms with van der Waals surface area (Å²) in [6, 6.07) is 13.3. The zero-order chi connectivity index (χ0) is 14.1. The maximum Gasteiger partial charge on any atom is 0.131 e. The summed E-state index contributed by atoms with van der Waals surface area (Å²) in [6.07, 6.45) is 0. The van der Waals surface area contributed by atoms with Gasteiger partial charge in [-0.25, -0.2) is 4.39 Å². The van der Waals surface area contributed by atoms with Gasteiger partial charge in [0.2, 0.25) is 0 Å². The second-order valence-corrected chi connectivity index (χ2v) is 5.96. The van der Waals surface area contributed by atoms with Gasteiger partial charge >= 0.3 is 0 Å². The normalized spacial score (nSPS) is 12.8. The molecule has 0 spiro atoms. The van der Waals surface area contributed by atoms with E-state index in [0.29, 0.717) is 5.39 Å². The molecule has 0 aliphatic rings. The summed E-state index contributed by atoms with van der Waals surface area (Å²) in [6.45, 7) is 2.12. The molecule has 1 heterocycles. The van der Waals surface area contributed by atoms with Crippen LogP contribution in [0.4, 0.5) is 4.39 Å². The minimum absolute atomic E-state index is 0.0896. The van der Waals surface area contributed by atoms with Gasteiger partial charge in [-0.15, -0.1) is 11.3 Å². The summed E-state index contributed by atoms with van der Waals surface area (Å²) in [7, 11) is 1.94. The number of nitrogens with one attached hydrogen (secondary N) is 1. The summed E-state index contributed by atoms with van der Waals surface area (Å²) >= 11 is 1.74. The highest BCUT2D eigenvalue weighted by Gasteiger charge is 2.18. The van der Waals surface area contributed by atoms with Gasteiger partial charge in [-0.3, -0.25) is 0 Å². The highest BCUT2D eigenvalue weighted by Crippen LogP contribution is 2.33. The molecule has 0 saturated carbocycles. The third-order valence-electron chi connectivity index (χ3n) is 3.71. The fraction of sp³-hybridized carbons (Fsp3) is 0.176. The van der Waals surface area contributed by atoms with Gasteiger partial charge in [-0.2, -0.15) is 0 Å². The lowest BCUT2D eigenvalue weighted by Crippen LogP contribution is -2.18. The standard InChI is InChI=1S/C17H16FNS/c1-11-12(9-10-20-11)17(19-2)15-7-8-16(18)14-6-4-3-5-13(14)15/h3-10,17,19H,1-2H3. The Bertz CT molecular complexity index is 748. The number of rotatable bonds is 3. The highest BCUT2D eigenvalue weighted by molar-refractivity contribution is 7.10. The van der Waals surface area contributed by atoms with Crippen molar-refractivity contribution < 1.29 is 4.39 Å². The van der Waals surface area contributed by atoms with Crippen molar-refractivity contribution in [1.82, 2.24) is 5.32 Å². The van der Waals surface area contributed by atoms with Crippen molar-refractivity contribution in [2.45, 2.75) is 13.0 Å². The van der Waals surface area contributed by atoms with E-state index in [-0.39, 0.29) is 11.9 Å². The van der Waals surface area contributed by atoms with E-state index < -0.39 is 0 Å². The van der Waals surface area contributed by atoms with Gasteiger partial charge in [0.15, 0.2) is 0 Å². The summed E-state index contributed by atoms with van der Waals surface area (Å²) in [5.41, 5.74) is 2.38. The molecule has 3 aromatic rings. The average Bonchev–Trinajstić information content (AvgIpc) is 2.89. The molecule has 2 aromatic carbocycles. The molecule has 102 valence electrons. The van der Waals surface area contributed by atoms with Gasteiger partial charge in [0.25, 0.3) is 0 Å². The number of aryl methyl sites for hydroxylation is 1. The number of halogens is 1. The molecule has 1 atom stereocenters. The Morgan fingerprint density at radius 1 is 1.00 bits per heavy atom. The molecule has 1 nitrogen and oxygen atoms in total. The molecule has 0 radical (unpaired) electrons. The summed E-state index contributed by atoms with van der Waals surface area (Å²) < 4.78 is 13.9. The molecular weight excluding hydrogens is 269 g/mol. The van der Waals surface area contributed by atoms with Crippen molar-refractivity contribution >= 4 is 22.1 Å². The van der Waals surface area contributed by atoms with Gasteiger partial charge in [0.05, 0.1) is 6.04 Å². The van der Waals surface area contributed by atoms with E-state index in [1.807, 2.05) is 37.4 Å². The largest absolute Gasteiger partial charge is 0.309 e. The van der Waals surface area contributed by atoms with Crippen LogP contribution in [0.25, 0.3) is 10.8 Å². The van der Waals surface area contributed by atoms with E-state index in [9.17, 15) is 4.39 Å². The van der Waals surface area contributed by atoms with Crippen molar-refractivity contribution in [3.63, 3.8) is 0 Å². The van der Waals surface area contributed by atoms with Gasteiger partial charge < -0.3 is 5.32 Å². The monoisotopic (exact) mass is 285 g/mol. The fourth-order valence-electron chi connectivity index (χ4n) is 2.71. The number of hydrogen-bond donors (Lipinski definition) is 1. The Morgan fingerprint density at radius 2 is 1.75 bits per heavy atom. The van der Waals surface area contributed by atoms with Crippen molar-refractivity contribution in [3.8, 4) is 0 Å². The van der Waals surface area contributed by atoms with Crippen LogP contribution in [0.2, 0.25) is 0 Å². The van der Waals surface area contributed by atoms with E-state index in [1.54, 1.807) is 17.4 Å². The van der Waals surface area contributed by atoms with Crippen molar-refractivity contribution in [1.29, 1.82) is 0 Å². The van der Waals surface area contributed by atoms with Crippen LogP contribution in [0, 0.1) is 12.7 Å². The van der Waals surface area contributed by atoms with Crippen LogP contribution in [0.3, 0.4) is 0 Å². The fourth-order valence-corrected chi connectivity index (χ4v) is 3.45. The summed E-state index contributed by atoms with van der Waals surface area (Å²) in [5, 5.41) is 7.10. The first kappa shape index (κ1) is 13.3. The molecule has 1 unspecified atom stereocenters. The third-order valence-corrected chi connectivity index (χ3v) is 4.58. The first-order valence-electron chi connectivity index (χ1n) is 6.60. The Labute approximate surface area is 122 Å². The molecule has 1 aromatic heterocycles. The maximum absolute atomic E-state index is 13.9. The molecule has 3 heteroatoms. The zero-order valence-corrected chi connectivity index (χ0v) is 12.3. The maximum atomic E-state index is 13.9. The summed E-state index contributed by atoms with van der Waals surface area (Å²) in [4.78, 5) is 1.29. The number of thiophene rings is 1. The van der Waals surface area contributed by atoms with Crippen LogP contribution >= 0.6 is 11.3 Å². The Kier molecular flexibility index (Phi) is 3.55. The van der Waals surface area contributed by atoms with Crippen LogP contribution in [0.1, 0.15) is 22.0 Å². The second kappa shape index (κ2) is 5.35. The molecule has 0 amide bonds. The predicted molar refractivity (Wildman–Crippen MR) is 83.9 cm³/mol. The highest BCUT2D eigenvalue weighted by atomic mass is 32.1. The smallest absolute Gasteiger partial charge is 0.131 e. The average molecular weight is 285 g/mol. The van der Waals surface area contributed by atoms with Gasteiger partial charge in [-0.05, 0) is 48.0 Å². The minimum Gasteiger partial charge on any atom is -0.309 e. The van der Waals surface area contributed by atoms with Crippen molar-refractivity contribution in [2.75, 3.05) is 7.05 Å². The Morgan fingerprint density at radius 3 is 2.40 bits per heavy atom. The van der Waals surface area contributed by atoms with E-state index >= 15 is 0 Å². The third kappa shape index (κ3) is 2.13. The molecule has 3 rings (SSSR count). The lowest BCUT2D eigenvalue weighted by atomic mass is 9.94. The molecule has 0 aliphatic heterocycles. The van der Waals surface area contributed by atoms with Crippen molar-refractivity contribution in [2.24, 2.45) is 0 Å². The molecule has 20 heavy (non-hydrogen) atoms. The van der Waals surface area contributed by atoms with Crippen LogP contribution in [0.5, 0.6) is 0 Å². The Hall–Kier alpha value is -1.71. The predicted octanol–water partition coefficient (Wildman–Crippen LogP) is 4.66. The first-order chi connectivity index (χ1) is 9.72. The Balaban J connectivity index is 2.23. The van der Waals surface area contributed by atoms with Gasteiger partial charge in [0, 0.05) is 10.3 Å². The van der Waals surface area contributed by atoms with Crippen LogP contribution < -0.4 is 5.32 Å². The minimum atomic E-state index is -0.166. The topological polar surface area (TPSA) is 12.0 Å². The van der Waals surface area contributed by atoms with E-state index in [2.05, 4.69) is 23.7 Å². The number of hydrogen-bond acceptors (Lipinski definition) is 2. The van der Waals surface area contributed by atoms with Crippen LogP contribution in [-0.4, -0.2) is 7.05 Å².